The fraction of sp³-hybridized carbons (Fsp3) is 0.217. The predicted molar refractivity (Wildman–Crippen MR) is 132 cm³/mol. The second kappa shape index (κ2) is 9.64. The number of hydrogen-bond donors (Lipinski definition) is 1. The fourth-order valence-electron chi connectivity index (χ4n) is 3.28. The van der Waals surface area contributed by atoms with Crippen LogP contribution >= 0.6 is 24.0 Å². The van der Waals surface area contributed by atoms with Crippen LogP contribution in [0.5, 0.6) is 0 Å². The third kappa shape index (κ3) is 4.59. The second-order valence-corrected chi connectivity index (χ2v) is 8.96. The number of amides is 1. The first-order chi connectivity index (χ1) is 15.5. The van der Waals surface area contributed by atoms with E-state index in [1.165, 1.54) is 16.2 Å². The van der Waals surface area contributed by atoms with Crippen LogP contribution in [0, 0.1) is 6.92 Å². The van der Waals surface area contributed by atoms with Crippen LogP contribution in [0.2, 0.25) is 0 Å². The van der Waals surface area contributed by atoms with E-state index in [1.807, 2.05) is 37.3 Å². The number of benzene rings is 1. The summed E-state index contributed by atoms with van der Waals surface area (Å²) in [6.45, 7) is 3.33. The highest BCUT2D eigenvalue weighted by Gasteiger charge is 2.32. The molecule has 9 heteroatoms. The molecule has 0 atom stereocenters. The molecule has 2 aromatic heterocycles. The van der Waals surface area contributed by atoms with Gasteiger partial charge in [0.05, 0.1) is 23.6 Å². The van der Waals surface area contributed by atoms with E-state index < -0.39 is 0 Å². The highest BCUT2D eigenvalue weighted by Crippen LogP contribution is 2.34. The van der Waals surface area contributed by atoms with E-state index in [0.29, 0.717) is 46.0 Å². The number of rotatable bonds is 7. The van der Waals surface area contributed by atoms with Crippen LogP contribution < -0.4 is 10.9 Å². The lowest BCUT2D eigenvalue weighted by atomic mass is 10.1. The number of nitrogens with one attached hydrogen (secondary N) is 1. The highest BCUT2D eigenvalue weighted by atomic mass is 32.2. The summed E-state index contributed by atoms with van der Waals surface area (Å²) in [5.74, 6) is 0.183. The van der Waals surface area contributed by atoms with E-state index in [-0.39, 0.29) is 11.5 Å². The minimum Gasteiger partial charge on any atom is -0.383 e. The van der Waals surface area contributed by atoms with Gasteiger partial charge in [0.2, 0.25) is 0 Å². The largest absolute Gasteiger partial charge is 0.383 e. The molecule has 3 heterocycles. The molecule has 1 fully saturated rings. The first kappa shape index (κ1) is 22.2. The number of aromatic nitrogens is 2. The van der Waals surface area contributed by atoms with E-state index in [1.54, 1.807) is 36.4 Å². The predicted octanol–water partition coefficient (Wildman–Crippen LogP) is 3.46. The summed E-state index contributed by atoms with van der Waals surface area (Å²) in [4.78, 5) is 32.8. The maximum absolute atomic E-state index is 13.2. The fourth-order valence-corrected chi connectivity index (χ4v) is 4.52. The monoisotopic (exact) mass is 466 g/mol. The molecule has 4 rings (SSSR count). The average Bonchev–Trinajstić information content (AvgIpc) is 3.05. The lowest BCUT2D eigenvalue weighted by molar-refractivity contribution is -0.122. The smallest absolute Gasteiger partial charge is 0.267 e. The molecule has 1 aromatic carbocycles. The van der Waals surface area contributed by atoms with Gasteiger partial charge in [-0.15, -0.1) is 0 Å². The zero-order valence-electron chi connectivity index (χ0n) is 17.7. The van der Waals surface area contributed by atoms with Gasteiger partial charge in [0.1, 0.15) is 15.8 Å². The Morgan fingerprint density at radius 1 is 1.19 bits per heavy atom. The Labute approximate surface area is 195 Å². The zero-order valence-corrected chi connectivity index (χ0v) is 19.3. The normalized spacial score (nSPS) is 15.2. The van der Waals surface area contributed by atoms with E-state index >= 15 is 0 Å². The van der Waals surface area contributed by atoms with Gasteiger partial charge in [0, 0.05) is 19.9 Å². The second-order valence-electron chi connectivity index (χ2n) is 7.28. The van der Waals surface area contributed by atoms with E-state index in [0.717, 1.165) is 11.1 Å². The van der Waals surface area contributed by atoms with Gasteiger partial charge in [-0.1, -0.05) is 59.9 Å². The number of pyridine rings is 1. The number of carbonyl (C=O) groups is 1. The summed E-state index contributed by atoms with van der Waals surface area (Å²) >= 11 is 6.65. The van der Waals surface area contributed by atoms with Crippen molar-refractivity contribution < 1.29 is 9.53 Å². The molecule has 0 spiro atoms. The minimum absolute atomic E-state index is 0.221. The van der Waals surface area contributed by atoms with E-state index in [9.17, 15) is 9.59 Å². The molecule has 32 heavy (non-hydrogen) atoms. The quantitative estimate of drug-likeness (QED) is 0.325. The summed E-state index contributed by atoms with van der Waals surface area (Å²) in [6, 6.07) is 13.3. The van der Waals surface area contributed by atoms with Crippen molar-refractivity contribution >= 4 is 51.7 Å². The first-order valence-electron chi connectivity index (χ1n) is 10.0. The number of hydrogen-bond acceptors (Lipinski definition) is 7. The van der Waals surface area contributed by atoms with Crippen LogP contribution in [0.3, 0.4) is 0 Å². The molecule has 164 valence electrons. The standard InChI is InChI=1S/C23H22N4O3S2/c1-15-6-8-16(9-7-15)14-27-22(29)18(32-23(27)31)13-17-20(24-10-12-30-2)25-19-5-3-4-11-26(19)21(17)28/h3-9,11,13,24H,10,12,14H2,1-2H3/b18-13-. The van der Waals surface area contributed by atoms with Crippen molar-refractivity contribution in [3.05, 3.63) is 80.6 Å². The SMILES string of the molecule is COCCNc1nc2ccccn2c(=O)c1/C=C1\SC(=S)N(Cc2ccc(C)cc2)C1=O. The zero-order chi connectivity index (χ0) is 22.7. The van der Waals surface area contributed by atoms with Gasteiger partial charge in [0.25, 0.3) is 11.5 Å². The molecular weight excluding hydrogens is 444 g/mol. The molecule has 1 aliphatic heterocycles. The molecule has 0 unspecified atom stereocenters. The Kier molecular flexibility index (Phi) is 6.69. The van der Waals surface area contributed by atoms with Crippen molar-refractivity contribution in [3.63, 3.8) is 0 Å². The molecule has 0 bridgehead atoms. The average molecular weight is 467 g/mol. The number of carbonyl (C=O) groups excluding carboxylic acids is 1. The summed E-state index contributed by atoms with van der Waals surface area (Å²) in [5.41, 5.74) is 2.70. The topological polar surface area (TPSA) is 75.9 Å². The van der Waals surface area contributed by atoms with Crippen molar-refractivity contribution in [3.8, 4) is 0 Å². The molecular formula is C23H22N4O3S2. The van der Waals surface area contributed by atoms with Crippen LogP contribution in [0.25, 0.3) is 11.7 Å². The third-order valence-electron chi connectivity index (χ3n) is 4.98. The summed E-state index contributed by atoms with van der Waals surface area (Å²) < 4.78 is 7.01. The maximum atomic E-state index is 13.2. The Bertz CT molecular complexity index is 1270. The van der Waals surface area contributed by atoms with Crippen molar-refractivity contribution in [1.29, 1.82) is 0 Å². The molecule has 7 nitrogen and oxygen atoms in total. The van der Waals surface area contributed by atoms with Crippen LogP contribution in [-0.4, -0.2) is 44.8 Å². The van der Waals surface area contributed by atoms with Crippen LogP contribution in [0.4, 0.5) is 5.82 Å². The Morgan fingerprint density at radius 2 is 1.97 bits per heavy atom. The van der Waals surface area contributed by atoms with Crippen molar-refractivity contribution in [2.24, 2.45) is 0 Å². The van der Waals surface area contributed by atoms with Crippen molar-refractivity contribution in [1.82, 2.24) is 14.3 Å². The number of methoxy groups -OCH3 is 1. The molecule has 1 saturated heterocycles. The van der Waals surface area contributed by atoms with E-state index in [2.05, 4.69) is 10.3 Å². The molecule has 0 saturated carbocycles. The van der Waals surface area contributed by atoms with Gasteiger partial charge < -0.3 is 10.1 Å². The molecule has 1 amide bonds. The van der Waals surface area contributed by atoms with Gasteiger partial charge in [-0.2, -0.15) is 0 Å². The summed E-state index contributed by atoms with van der Waals surface area (Å²) in [7, 11) is 1.60. The number of aryl methyl sites for hydroxylation is 1. The maximum Gasteiger partial charge on any atom is 0.267 e. The van der Waals surface area contributed by atoms with Gasteiger partial charge in [-0.25, -0.2) is 4.98 Å². The van der Waals surface area contributed by atoms with Crippen LogP contribution in [0.15, 0.2) is 58.4 Å². The van der Waals surface area contributed by atoms with Crippen LogP contribution in [0.1, 0.15) is 16.7 Å². The number of ether oxygens (including phenoxy) is 1. The molecule has 0 aliphatic carbocycles. The minimum atomic E-state index is -0.265. The Balaban J connectivity index is 1.69. The first-order valence-corrected chi connectivity index (χ1v) is 11.3. The number of thiocarbonyl (C=S) groups is 1. The van der Waals surface area contributed by atoms with Crippen LogP contribution in [-0.2, 0) is 16.1 Å². The lowest BCUT2D eigenvalue weighted by Crippen LogP contribution is -2.27. The van der Waals surface area contributed by atoms with Gasteiger partial charge in [-0.05, 0) is 30.7 Å². The third-order valence-corrected chi connectivity index (χ3v) is 6.36. The summed E-state index contributed by atoms with van der Waals surface area (Å²) in [6.07, 6.45) is 3.24. The Hall–Kier alpha value is -3.01. The van der Waals surface area contributed by atoms with Gasteiger partial charge in [0.15, 0.2) is 0 Å². The number of nitrogens with zero attached hydrogens (tertiary/aromatic N) is 3. The van der Waals surface area contributed by atoms with Crippen molar-refractivity contribution in [2.75, 3.05) is 25.6 Å². The van der Waals surface area contributed by atoms with Gasteiger partial charge in [-0.3, -0.25) is 18.9 Å². The molecule has 1 N–H and O–H groups in total. The van der Waals surface area contributed by atoms with Gasteiger partial charge >= 0.3 is 0 Å². The number of thioether (sulfide) groups is 1. The number of anilines is 1. The van der Waals surface area contributed by atoms with Crippen molar-refractivity contribution in [2.45, 2.75) is 13.5 Å². The van der Waals surface area contributed by atoms with E-state index in [4.69, 9.17) is 17.0 Å². The molecule has 0 radical (unpaired) electrons. The lowest BCUT2D eigenvalue weighted by Gasteiger charge is -2.14. The summed E-state index contributed by atoms with van der Waals surface area (Å²) in [5, 5.41) is 3.14. The Morgan fingerprint density at radius 3 is 2.72 bits per heavy atom. The number of fused-ring (bicyclic) bond motifs is 1. The molecule has 3 aromatic rings. The highest BCUT2D eigenvalue weighted by molar-refractivity contribution is 8.26. The molecule has 1 aliphatic rings.